The van der Waals surface area contributed by atoms with Gasteiger partial charge >= 0.3 is 6.09 Å². The summed E-state index contributed by atoms with van der Waals surface area (Å²) in [6, 6.07) is 13.8. The molecule has 4 nitrogen and oxygen atoms in total. The first kappa shape index (κ1) is 22.1. The van der Waals surface area contributed by atoms with E-state index >= 15 is 0 Å². The van der Waals surface area contributed by atoms with Gasteiger partial charge in [-0.1, -0.05) is 35.5 Å². The first-order chi connectivity index (χ1) is 14.6. The Bertz CT molecular complexity index is 968. The van der Waals surface area contributed by atoms with Crippen LogP contribution in [0.3, 0.4) is 0 Å². The highest BCUT2D eigenvalue weighted by Gasteiger charge is 2.44. The van der Waals surface area contributed by atoms with Crippen LogP contribution in [-0.4, -0.2) is 41.8 Å². The smallest absolute Gasteiger partial charge is 0.410 e. The third-order valence-electron chi connectivity index (χ3n) is 6.09. The first-order valence-corrected chi connectivity index (χ1v) is 12.0. The summed E-state index contributed by atoms with van der Waals surface area (Å²) in [5.41, 5.74) is 4.69. The van der Waals surface area contributed by atoms with Crippen molar-refractivity contribution in [3.8, 4) is 0 Å². The SMILES string of the molecule is Cc1ccc(Sc2cc(C)ccc2N2CC3CCC(C2)N3C(=O)OC(C)(C)C)c(C)c1. The van der Waals surface area contributed by atoms with Crippen molar-refractivity contribution in [3.05, 3.63) is 53.1 Å². The molecular weight excluding hydrogens is 404 g/mol. The van der Waals surface area contributed by atoms with E-state index in [1.54, 1.807) is 0 Å². The minimum absolute atomic E-state index is 0.159. The van der Waals surface area contributed by atoms with Crippen molar-refractivity contribution >= 4 is 23.5 Å². The molecule has 0 spiro atoms. The second-order valence-corrected chi connectivity index (χ2v) is 11.1. The van der Waals surface area contributed by atoms with Gasteiger partial charge in [-0.2, -0.15) is 0 Å². The number of carbonyl (C=O) groups excluding carboxylic acids is 1. The molecule has 2 saturated heterocycles. The molecule has 166 valence electrons. The summed E-state index contributed by atoms with van der Waals surface area (Å²) < 4.78 is 5.70. The largest absolute Gasteiger partial charge is 0.444 e. The van der Waals surface area contributed by atoms with Gasteiger partial charge in [-0.25, -0.2) is 4.79 Å². The molecule has 1 amide bonds. The van der Waals surface area contributed by atoms with Gasteiger partial charge in [0.1, 0.15) is 5.60 Å². The summed E-state index contributed by atoms with van der Waals surface area (Å²) in [7, 11) is 0. The fourth-order valence-electron chi connectivity index (χ4n) is 4.71. The Morgan fingerprint density at radius 2 is 1.55 bits per heavy atom. The Morgan fingerprint density at radius 1 is 0.935 bits per heavy atom. The van der Waals surface area contributed by atoms with E-state index in [2.05, 4.69) is 62.1 Å². The van der Waals surface area contributed by atoms with Gasteiger partial charge in [-0.15, -0.1) is 0 Å². The summed E-state index contributed by atoms with van der Waals surface area (Å²) >= 11 is 1.85. The summed E-state index contributed by atoms with van der Waals surface area (Å²) in [6.45, 7) is 14.0. The van der Waals surface area contributed by atoms with E-state index in [1.165, 1.54) is 32.2 Å². The van der Waals surface area contributed by atoms with Gasteiger partial charge in [-0.05, 0) is 83.7 Å². The number of fused-ring (bicyclic) bond motifs is 2. The second kappa shape index (κ2) is 8.42. The Labute approximate surface area is 191 Å². The molecule has 2 aromatic carbocycles. The lowest BCUT2D eigenvalue weighted by Crippen LogP contribution is -2.56. The topological polar surface area (TPSA) is 32.8 Å². The van der Waals surface area contributed by atoms with Crippen molar-refractivity contribution in [1.29, 1.82) is 0 Å². The highest BCUT2D eigenvalue weighted by Crippen LogP contribution is 2.41. The van der Waals surface area contributed by atoms with Gasteiger partial charge in [0.05, 0.1) is 17.8 Å². The molecule has 0 N–H and O–H groups in total. The zero-order valence-electron chi connectivity index (χ0n) is 19.6. The van der Waals surface area contributed by atoms with Crippen LogP contribution in [0.5, 0.6) is 0 Å². The molecule has 2 aromatic rings. The van der Waals surface area contributed by atoms with E-state index in [-0.39, 0.29) is 18.2 Å². The Kier molecular flexibility index (Phi) is 5.99. The number of benzene rings is 2. The van der Waals surface area contributed by atoms with Crippen molar-refractivity contribution in [2.24, 2.45) is 0 Å². The molecule has 2 heterocycles. The molecule has 0 saturated carbocycles. The maximum Gasteiger partial charge on any atom is 0.410 e. The molecule has 5 heteroatoms. The van der Waals surface area contributed by atoms with E-state index in [0.29, 0.717) is 0 Å². The number of rotatable bonds is 3. The number of aryl methyl sites for hydroxylation is 3. The number of nitrogens with zero attached hydrogens (tertiary/aromatic N) is 2. The minimum Gasteiger partial charge on any atom is -0.444 e. The Hall–Kier alpha value is -2.14. The molecule has 0 aromatic heterocycles. The van der Waals surface area contributed by atoms with Crippen LogP contribution in [0.2, 0.25) is 0 Å². The highest BCUT2D eigenvalue weighted by molar-refractivity contribution is 7.99. The van der Waals surface area contributed by atoms with Gasteiger partial charge < -0.3 is 9.64 Å². The summed E-state index contributed by atoms with van der Waals surface area (Å²) in [4.78, 5) is 19.9. The first-order valence-electron chi connectivity index (χ1n) is 11.2. The number of amides is 1. The quantitative estimate of drug-likeness (QED) is 0.559. The number of ether oxygens (including phenoxy) is 1. The van der Waals surface area contributed by atoms with E-state index in [4.69, 9.17) is 4.74 Å². The van der Waals surface area contributed by atoms with E-state index in [0.717, 1.165) is 25.9 Å². The van der Waals surface area contributed by atoms with Crippen LogP contribution in [0.1, 0.15) is 50.3 Å². The molecule has 2 unspecified atom stereocenters. The fourth-order valence-corrected chi connectivity index (χ4v) is 5.85. The summed E-state index contributed by atoms with van der Waals surface area (Å²) in [5.74, 6) is 0. The maximum atomic E-state index is 12.8. The van der Waals surface area contributed by atoms with Crippen LogP contribution in [0.4, 0.5) is 10.5 Å². The van der Waals surface area contributed by atoms with Crippen LogP contribution >= 0.6 is 11.8 Å². The van der Waals surface area contributed by atoms with Crippen LogP contribution in [0.15, 0.2) is 46.2 Å². The molecule has 31 heavy (non-hydrogen) atoms. The van der Waals surface area contributed by atoms with Crippen LogP contribution < -0.4 is 4.90 Å². The minimum atomic E-state index is -0.458. The zero-order chi connectivity index (χ0) is 22.3. The summed E-state index contributed by atoms with van der Waals surface area (Å²) in [6.07, 6.45) is 1.94. The van der Waals surface area contributed by atoms with Crippen molar-refractivity contribution < 1.29 is 9.53 Å². The van der Waals surface area contributed by atoms with E-state index < -0.39 is 5.60 Å². The molecule has 2 atom stereocenters. The number of hydrogen-bond donors (Lipinski definition) is 0. The molecule has 0 radical (unpaired) electrons. The van der Waals surface area contributed by atoms with Gasteiger partial charge in [-0.3, -0.25) is 4.90 Å². The highest BCUT2D eigenvalue weighted by atomic mass is 32.2. The number of carbonyl (C=O) groups is 1. The monoisotopic (exact) mass is 438 g/mol. The van der Waals surface area contributed by atoms with E-state index in [1.807, 2.05) is 37.4 Å². The van der Waals surface area contributed by atoms with Gasteiger partial charge in [0.15, 0.2) is 0 Å². The lowest BCUT2D eigenvalue weighted by molar-refractivity contribution is 0.0123. The normalized spacial score (nSPS) is 20.8. The van der Waals surface area contributed by atoms with Crippen molar-refractivity contribution in [2.45, 2.75) is 81.9 Å². The average Bonchev–Trinajstić information content (AvgIpc) is 2.93. The van der Waals surface area contributed by atoms with Crippen LogP contribution in [-0.2, 0) is 4.74 Å². The van der Waals surface area contributed by atoms with Crippen LogP contribution in [0.25, 0.3) is 0 Å². The van der Waals surface area contributed by atoms with Crippen molar-refractivity contribution in [1.82, 2.24) is 4.90 Å². The maximum absolute atomic E-state index is 12.8. The zero-order valence-corrected chi connectivity index (χ0v) is 20.4. The predicted molar refractivity (Wildman–Crippen MR) is 128 cm³/mol. The number of piperazine rings is 1. The molecule has 2 aliphatic heterocycles. The third-order valence-corrected chi connectivity index (χ3v) is 7.32. The predicted octanol–water partition coefficient (Wildman–Crippen LogP) is 6.35. The second-order valence-electron chi connectivity index (χ2n) is 10.0. The molecule has 2 aliphatic rings. The van der Waals surface area contributed by atoms with Crippen molar-refractivity contribution in [3.63, 3.8) is 0 Å². The molecular formula is C26H34N2O2S. The average molecular weight is 439 g/mol. The van der Waals surface area contributed by atoms with Gasteiger partial charge in [0.2, 0.25) is 0 Å². The molecule has 4 rings (SSSR count). The van der Waals surface area contributed by atoms with E-state index in [9.17, 15) is 4.79 Å². The summed E-state index contributed by atoms with van der Waals surface area (Å²) in [5, 5.41) is 0. The standard InChI is InChI=1S/C26H34N2O2S/c1-17-8-12-23(19(3)13-17)31-24-14-18(2)7-11-22(24)27-15-20-9-10-21(16-27)28(20)25(29)30-26(4,5)6/h7-8,11-14,20-21H,9-10,15-16H2,1-6H3. The Morgan fingerprint density at radius 3 is 2.16 bits per heavy atom. The number of hydrogen-bond acceptors (Lipinski definition) is 4. The van der Waals surface area contributed by atoms with Crippen molar-refractivity contribution in [2.75, 3.05) is 18.0 Å². The lowest BCUT2D eigenvalue weighted by atomic mass is 10.1. The number of anilines is 1. The Balaban J connectivity index is 1.57. The third kappa shape index (κ3) is 4.87. The molecule has 2 bridgehead atoms. The lowest BCUT2D eigenvalue weighted by Gasteiger charge is -2.42. The van der Waals surface area contributed by atoms with Gasteiger partial charge in [0.25, 0.3) is 0 Å². The van der Waals surface area contributed by atoms with Crippen LogP contribution in [0, 0.1) is 20.8 Å². The fraction of sp³-hybridized carbons (Fsp3) is 0.500. The molecule has 2 fully saturated rings. The van der Waals surface area contributed by atoms with Gasteiger partial charge in [0, 0.05) is 22.9 Å². The molecule has 0 aliphatic carbocycles.